The van der Waals surface area contributed by atoms with Crippen molar-refractivity contribution in [3.05, 3.63) is 77.4 Å². The molecule has 0 aliphatic carbocycles. The summed E-state index contributed by atoms with van der Waals surface area (Å²) in [6.45, 7) is 0.502. The molecule has 28 heavy (non-hydrogen) atoms. The van der Waals surface area contributed by atoms with E-state index >= 15 is 0 Å². The Bertz CT molecular complexity index is 1110. The van der Waals surface area contributed by atoms with Crippen LogP contribution in [0.2, 0.25) is 0 Å². The predicted molar refractivity (Wildman–Crippen MR) is 111 cm³/mol. The van der Waals surface area contributed by atoms with E-state index in [1.54, 1.807) is 23.7 Å². The Labute approximate surface area is 165 Å². The van der Waals surface area contributed by atoms with E-state index in [4.69, 9.17) is 0 Å². The van der Waals surface area contributed by atoms with Crippen LogP contribution in [0.5, 0.6) is 5.75 Å². The normalized spacial score (nSPS) is 10.7. The van der Waals surface area contributed by atoms with Crippen LogP contribution in [0.25, 0.3) is 10.9 Å². The molecule has 0 aliphatic heterocycles. The molecule has 0 saturated carbocycles. The highest BCUT2D eigenvalue weighted by Crippen LogP contribution is 2.23. The van der Waals surface area contributed by atoms with Crippen molar-refractivity contribution in [2.24, 2.45) is 0 Å². The van der Waals surface area contributed by atoms with Crippen molar-refractivity contribution in [2.75, 3.05) is 11.9 Å². The van der Waals surface area contributed by atoms with Crippen molar-refractivity contribution in [1.29, 1.82) is 0 Å². The molecule has 2 heterocycles. The van der Waals surface area contributed by atoms with Gasteiger partial charge in [0.1, 0.15) is 11.4 Å². The molecule has 0 unspecified atom stereocenters. The number of hydrogen-bond acceptors (Lipinski definition) is 6. The number of nitrogens with one attached hydrogen (secondary N) is 2. The van der Waals surface area contributed by atoms with E-state index in [1.807, 2.05) is 42.5 Å². The minimum Gasteiger partial charge on any atom is -0.508 e. The fourth-order valence-electron chi connectivity index (χ4n) is 2.79. The van der Waals surface area contributed by atoms with Crippen LogP contribution in [-0.4, -0.2) is 27.5 Å². The van der Waals surface area contributed by atoms with Crippen molar-refractivity contribution >= 4 is 39.0 Å². The zero-order valence-electron chi connectivity index (χ0n) is 14.9. The topological polar surface area (TPSA) is 87.1 Å². The summed E-state index contributed by atoms with van der Waals surface area (Å²) in [5, 5.41) is 18.8. The highest BCUT2D eigenvalue weighted by atomic mass is 32.1. The lowest BCUT2D eigenvalue weighted by atomic mass is 10.1. The van der Waals surface area contributed by atoms with E-state index in [0.717, 1.165) is 22.2 Å². The van der Waals surface area contributed by atoms with E-state index < -0.39 is 0 Å². The van der Waals surface area contributed by atoms with Crippen molar-refractivity contribution in [2.45, 2.75) is 6.42 Å². The number of anilines is 2. The van der Waals surface area contributed by atoms with Crippen LogP contribution >= 0.6 is 11.3 Å². The zero-order valence-corrected chi connectivity index (χ0v) is 15.7. The molecule has 0 aliphatic rings. The summed E-state index contributed by atoms with van der Waals surface area (Å²) in [5.41, 5.74) is 3.26. The smallest absolute Gasteiger partial charge is 0.270 e. The summed E-state index contributed by atoms with van der Waals surface area (Å²) < 4.78 is 0. The Morgan fingerprint density at radius 3 is 2.82 bits per heavy atom. The third kappa shape index (κ3) is 4.27. The number of hydrogen-bond donors (Lipinski definition) is 3. The first-order valence-electron chi connectivity index (χ1n) is 8.81. The van der Waals surface area contributed by atoms with Crippen LogP contribution in [0.4, 0.5) is 10.8 Å². The van der Waals surface area contributed by atoms with Crippen LogP contribution < -0.4 is 10.6 Å². The van der Waals surface area contributed by atoms with Crippen LogP contribution in [0.1, 0.15) is 16.1 Å². The molecule has 7 heteroatoms. The molecule has 1 amide bonds. The average Bonchev–Trinajstić information content (AvgIpc) is 3.18. The van der Waals surface area contributed by atoms with Gasteiger partial charge in [0, 0.05) is 29.2 Å². The van der Waals surface area contributed by atoms with Gasteiger partial charge in [0.2, 0.25) is 0 Å². The molecule has 2 aromatic heterocycles. The first kappa shape index (κ1) is 17.9. The molecule has 4 rings (SSSR count). The second-order valence-corrected chi connectivity index (χ2v) is 7.10. The number of carbonyl (C=O) groups excluding carboxylic acids is 1. The molecule has 0 radical (unpaired) electrons. The van der Waals surface area contributed by atoms with Gasteiger partial charge in [-0.2, -0.15) is 0 Å². The third-order valence-electron chi connectivity index (χ3n) is 4.23. The van der Waals surface area contributed by atoms with Gasteiger partial charge in [-0.15, -0.1) is 11.3 Å². The second-order valence-electron chi connectivity index (χ2n) is 6.25. The minimum absolute atomic E-state index is 0.203. The van der Waals surface area contributed by atoms with Gasteiger partial charge in [-0.05, 0) is 48.4 Å². The second kappa shape index (κ2) is 8.06. The van der Waals surface area contributed by atoms with Crippen molar-refractivity contribution in [1.82, 2.24) is 15.3 Å². The van der Waals surface area contributed by atoms with Crippen molar-refractivity contribution in [3.63, 3.8) is 0 Å². The van der Waals surface area contributed by atoms with E-state index in [2.05, 4.69) is 20.6 Å². The quantitative estimate of drug-likeness (QED) is 0.461. The van der Waals surface area contributed by atoms with E-state index in [0.29, 0.717) is 23.8 Å². The molecule has 0 bridgehead atoms. The summed E-state index contributed by atoms with van der Waals surface area (Å²) in [6.07, 6.45) is 2.45. The Hall–Kier alpha value is -3.45. The number of phenolic OH excluding ortho intramolecular Hbond substituents is 1. The molecule has 140 valence electrons. The molecule has 0 fully saturated rings. The Morgan fingerprint density at radius 2 is 1.96 bits per heavy atom. The van der Waals surface area contributed by atoms with E-state index in [9.17, 15) is 9.90 Å². The van der Waals surface area contributed by atoms with Crippen LogP contribution in [0, 0.1) is 0 Å². The fraction of sp³-hybridized carbons (Fsp3) is 0.0952. The summed E-state index contributed by atoms with van der Waals surface area (Å²) in [7, 11) is 0. The number of rotatable bonds is 6. The third-order valence-corrected chi connectivity index (χ3v) is 4.98. The number of benzene rings is 2. The fourth-order valence-corrected chi connectivity index (χ4v) is 3.50. The summed E-state index contributed by atoms with van der Waals surface area (Å²) in [5.74, 6) is 0.0313. The van der Waals surface area contributed by atoms with E-state index in [1.165, 1.54) is 11.3 Å². The Kier molecular flexibility index (Phi) is 5.16. The lowest BCUT2D eigenvalue weighted by Gasteiger charge is -2.05. The highest BCUT2D eigenvalue weighted by Gasteiger charge is 2.10. The van der Waals surface area contributed by atoms with Gasteiger partial charge in [-0.25, -0.2) is 4.98 Å². The molecule has 0 spiro atoms. The first-order chi connectivity index (χ1) is 13.7. The molecular weight excluding hydrogens is 372 g/mol. The van der Waals surface area contributed by atoms with Gasteiger partial charge in [-0.3, -0.25) is 9.78 Å². The number of thiazole rings is 1. The van der Waals surface area contributed by atoms with E-state index in [-0.39, 0.29) is 11.7 Å². The van der Waals surface area contributed by atoms with Gasteiger partial charge >= 0.3 is 0 Å². The van der Waals surface area contributed by atoms with Gasteiger partial charge in [0.15, 0.2) is 5.13 Å². The Balaban J connectivity index is 1.35. The van der Waals surface area contributed by atoms with Gasteiger partial charge in [0.05, 0.1) is 5.52 Å². The number of aromatic hydroxyl groups is 1. The van der Waals surface area contributed by atoms with Gasteiger partial charge in [-0.1, -0.05) is 18.2 Å². The lowest BCUT2D eigenvalue weighted by molar-refractivity contribution is 0.0950. The molecular formula is C21H18N4O2S. The monoisotopic (exact) mass is 390 g/mol. The molecule has 0 atom stereocenters. The summed E-state index contributed by atoms with van der Waals surface area (Å²) >= 11 is 1.38. The van der Waals surface area contributed by atoms with Crippen LogP contribution in [0.3, 0.4) is 0 Å². The number of pyridine rings is 1. The standard InChI is InChI=1S/C21H18N4O2S/c26-17-6-3-14(4-7-17)9-11-23-20(27)19-13-28-21(25-19)24-16-5-8-18-15(12-16)2-1-10-22-18/h1-8,10,12-13,26H,9,11H2,(H,23,27)(H,24,25). The number of phenols is 1. The predicted octanol–water partition coefficient (Wildman–Crippen LogP) is 4.11. The maximum Gasteiger partial charge on any atom is 0.270 e. The maximum atomic E-state index is 12.3. The van der Waals surface area contributed by atoms with Crippen LogP contribution in [0.15, 0.2) is 66.2 Å². The average molecular weight is 390 g/mol. The molecule has 6 nitrogen and oxygen atoms in total. The van der Waals surface area contributed by atoms with Gasteiger partial charge in [0.25, 0.3) is 5.91 Å². The minimum atomic E-state index is -0.203. The van der Waals surface area contributed by atoms with Crippen LogP contribution in [-0.2, 0) is 6.42 Å². The molecule has 2 aromatic carbocycles. The largest absolute Gasteiger partial charge is 0.508 e. The Morgan fingerprint density at radius 1 is 1.11 bits per heavy atom. The van der Waals surface area contributed by atoms with Gasteiger partial charge < -0.3 is 15.7 Å². The molecule has 4 aromatic rings. The number of nitrogens with zero attached hydrogens (tertiary/aromatic N) is 2. The number of fused-ring (bicyclic) bond motifs is 1. The molecule has 0 saturated heterocycles. The number of carbonyl (C=O) groups is 1. The maximum absolute atomic E-state index is 12.3. The van der Waals surface area contributed by atoms with Crippen molar-refractivity contribution < 1.29 is 9.90 Å². The molecule has 3 N–H and O–H groups in total. The van der Waals surface area contributed by atoms with Crippen molar-refractivity contribution in [3.8, 4) is 5.75 Å². The first-order valence-corrected chi connectivity index (χ1v) is 9.69. The summed E-state index contributed by atoms with van der Waals surface area (Å²) in [6, 6.07) is 16.7. The lowest BCUT2D eigenvalue weighted by Crippen LogP contribution is -2.25. The number of aromatic nitrogens is 2. The number of amides is 1. The SMILES string of the molecule is O=C(NCCc1ccc(O)cc1)c1csc(Nc2ccc3ncccc3c2)n1. The summed E-state index contributed by atoms with van der Waals surface area (Å²) in [4.78, 5) is 21.0. The highest BCUT2D eigenvalue weighted by molar-refractivity contribution is 7.14. The zero-order chi connectivity index (χ0) is 19.3.